The molecule has 0 atom stereocenters. The van der Waals surface area contributed by atoms with Gasteiger partial charge in [-0.25, -0.2) is 18.7 Å². The molecule has 122 valence electrons. The molecule has 0 aromatic carbocycles. The van der Waals surface area contributed by atoms with Crippen molar-refractivity contribution in [2.24, 2.45) is 0 Å². The van der Waals surface area contributed by atoms with Crippen LogP contribution in [0.2, 0.25) is 0 Å². The third-order valence-corrected chi connectivity index (χ3v) is 3.87. The number of aromatic nitrogens is 3. The minimum atomic E-state index is -2.38. The zero-order chi connectivity index (χ0) is 16.1. The van der Waals surface area contributed by atoms with Crippen LogP contribution in [0.1, 0.15) is 12.2 Å². The minimum Gasteiger partial charge on any atom is -0.396 e. The van der Waals surface area contributed by atoms with Gasteiger partial charge >= 0.3 is 0 Å². The minimum absolute atomic E-state index is 0.00361. The van der Waals surface area contributed by atoms with Crippen LogP contribution in [0.5, 0.6) is 0 Å². The second-order valence-corrected chi connectivity index (χ2v) is 5.99. The average molecular weight is 377 g/mol. The van der Waals surface area contributed by atoms with Crippen LogP contribution < -0.4 is 0 Å². The Morgan fingerprint density at radius 1 is 1.41 bits per heavy atom. The van der Waals surface area contributed by atoms with E-state index < -0.39 is 6.43 Å². The first-order valence-electron chi connectivity index (χ1n) is 7.11. The third kappa shape index (κ3) is 4.44. The zero-order valence-electron chi connectivity index (χ0n) is 12.3. The molecule has 0 amide bonds. The summed E-state index contributed by atoms with van der Waals surface area (Å²) in [5, 5.41) is 8.87. The highest BCUT2D eigenvalue weighted by molar-refractivity contribution is 9.10. The van der Waals surface area contributed by atoms with E-state index in [1.807, 2.05) is 17.6 Å². The van der Waals surface area contributed by atoms with Crippen LogP contribution in [0.3, 0.4) is 0 Å². The number of fused-ring (bicyclic) bond motifs is 1. The van der Waals surface area contributed by atoms with E-state index in [9.17, 15) is 8.78 Å². The van der Waals surface area contributed by atoms with Crippen molar-refractivity contribution in [2.75, 3.05) is 26.2 Å². The zero-order valence-corrected chi connectivity index (χ0v) is 13.9. The largest absolute Gasteiger partial charge is 0.396 e. The van der Waals surface area contributed by atoms with Crippen LogP contribution in [0.25, 0.3) is 11.2 Å². The molecule has 2 aromatic heterocycles. The van der Waals surface area contributed by atoms with E-state index in [0.717, 1.165) is 15.8 Å². The Hall–Kier alpha value is -1.12. The van der Waals surface area contributed by atoms with E-state index in [-0.39, 0.29) is 13.2 Å². The van der Waals surface area contributed by atoms with Gasteiger partial charge in [0.05, 0.1) is 12.1 Å². The molecule has 0 saturated carbocycles. The summed E-state index contributed by atoms with van der Waals surface area (Å²) < 4.78 is 28.1. The fraction of sp³-hybridized carbons (Fsp3) is 0.571. The first kappa shape index (κ1) is 17.2. The number of aliphatic hydroxyl groups excluding tert-OH is 1. The summed E-state index contributed by atoms with van der Waals surface area (Å²) >= 11 is 3.38. The van der Waals surface area contributed by atoms with Crippen LogP contribution in [0.15, 0.2) is 16.7 Å². The van der Waals surface area contributed by atoms with Crippen LogP contribution in [0, 0.1) is 6.92 Å². The summed E-state index contributed by atoms with van der Waals surface area (Å²) in [5.74, 6) is 0.805. The molecule has 0 fully saturated rings. The molecule has 1 N–H and O–H groups in total. The van der Waals surface area contributed by atoms with E-state index in [1.165, 1.54) is 0 Å². The number of aliphatic hydroxyl groups is 1. The lowest BCUT2D eigenvalue weighted by atomic mass is 10.3. The monoisotopic (exact) mass is 376 g/mol. The number of hydrogen-bond acceptors (Lipinski definition) is 4. The maximum Gasteiger partial charge on any atom is 0.251 e. The van der Waals surface area contributed by atoms with Gasteiger partial charge in [0.2, 0.25) is 0 Å². The molecule has 0 unspecified atom stereocenters. The fourth-order valence-corrected chi connectivity index (χ4v) is 2.72. The van der Waals surface area contributed by atoms with Gasteiger partial charge in [0.15, 0.2) is 5.65 Å². The highest BCUT2D eigenvalue weighted by Crippen LogP contribution is 2.18. The number of pyridine rings is 1. The number of halogens is 3. The lowest BCUT2D eigenvalue weighted by molar-refractivity contribution is 0.0827. The van der Waals surface area contributed by atoms with Gasteiger partial charge in [-0.3, -0.25) is 4.90 Å². The Labute approximate surface area is 136 Å². The molecule has 2 aromatic rings. The maximum absolute atomic E-state index is 12.6. The molecular weight excluding hydrogens is 358 g/mol. The Kier molecular flexibility index (Phi) is 6.22. The molecule has 22 heavy (non-hydrogen) atoms. The van der Waals surface area contributed by atoms with Crippen LogP contribution in [-0.2, 0) is 6.54 Å². The van der Waals surface area contributed by atoms with Crippen molar-refractivity contribution >= 4 is 27.1 Å². The van der Waals surface area contributed by atoms with E-state index in [4.69, 9.17) is 5.11 Å². The molecule has 0 aliphatic rings. The van der Waals surface area contributed by atoms with E-state index in [0.29, 0.717) is 31.7 Å². The normalized spacial score (nSPS) is 12.0. The summed E-state index contributed by atoms with van der Waals surface area (Å²) in [7, 11) is 0. The van der Waals surface area contributed by atoms with Crippen LogP contribution in [0.4, 0.5) is 8.78 Å². The molecule has 0 spiro atoms. The smallest absolute Gasteiger partial charge is 0.251 e. The van der Waals surface area contributed by atoms with E-state index in [2.05, 4.69) is 25.9 Å². The lowest BCUT2D eigenvalue weighted by Crippen LogP contribution is -2.33. The van der Waals surface area contributed by atoms with Gasteiger partial charge in [0.1, 0.15) is 5.82 Å². The molecule has 0 radical (unpaired) electrons. The number of aryl methyl sites for hydroxylation is 1. The van der Waals surface area contributed by atoms with E-state index >= 15 is 0 Å². The summed E-state index contributed by atoms with van der Waals surface area (Å²) in [6.45, 7) is 3.08. The summed E-state index contributed by atoms with van der Waals surface area (Å²) in [4.78, 5) is 10.3. The van der Waals surface area contributed by atoms with Crippen molar-refractivity contribution < 1.29 is 13.9 Å². The number of rotatable bonds is 8. The number of alkyl halides is 2. The first-order chi connectivity index (χ1) is 10.5. The van der Waals surface area contributed by atoms with Crippen molar-refractivity contribution in [2.45, 2.75) is 26.3 Å². The van der Waals surface area contributed by atoms with E-state index in [1.54, 1.807) is 11.1 Å². The highest BCUT2D eigenvalue weighted by Gasteiger charge is 2.14. The van der Waals surface area contributed by atoms with Gasteiger partial charge in [-0.2, -0.15) is 0 Å². The SMILES string of the molecule is Cc1nc2ncc(Br)cc2n1CCN(CCCO)CC(F)F. The standard InChI is InChI=1S/C14H19BrF2N4O/c1-10-19-14-12(7-11(15)8-18-14)21(10)5-4-20(3-2-6-22)9-13(16)17/h7-8,13,22H,2-6,9H2,1H3. The Morgan fingerprint density at radius 3 is 2.86 bits per heavy atom. The van der Waals surface area contributed by atoms with Gasteiger partial charge in [0.25, 0.3) is 6.43 Å². The second kappa shape index (κ2) is 7.94. The molecule has 2 rings (SSSR count). The Bertz CT molecular complexity index is 620. The number of nitrogens with zero attached hydrogens (tertiary/aromatic N) is 4. The molecule has 2 heterocycles. The van der Waals surface area contributed by atoms with Gasteiger partial charge in [-0.15, -0.1) is 0 Å². The molecule has 0 aliphatic heterocycles. The molecule has 0 bridgehead atoms. The van der Waals surface area contributed by atoms with Gasteiger partial charge in [0, 0.05) is 36.9 Å². The van der Waals surface area contributed by atoms with Crippen molar-refractivity contribution in [3.63, 3.8) is 0 Å². The Morgan fingerprint density at radius 2 is 2.18 bits per heavy atom. The number of imidazole rings is 1. The lowest BCUT2D eigenvalue weighted by Gasteiger charge is -2.22. The summed E-state index contributed by atoms with van der Waals surface area (Å²) in [6.07, 6.45) is -0.206. The van der Waals surface area contributed by atoms with Crippen molar-refractivity contribution in [1.29, 1.82) is 0 Å². The third-order valence-electron chi connectivity index (χ3n) is 3.43. The van der Waals surface area contributed by atoms with Crippen LogP contribution >= 0.6 is 15.9 Å². The van der Waals surface area contributed by atoms with Gasteiger partial charge in [-0.05, 0) is 35.3 Å². The molecular formula is C14H19BrF2N4O. The molecule has 8 heteroatoms. The van der Waals surface area contributed by atoms with Gasteiger partial charge < -0.3 is 9.67 Å². The summed E-state index contributed by atoms with van der Waals surface area (Å²) in [6, 6.07) is 1.92. The average Bonchev–Trinajstić information content (AvgIpc) is 2.76. The van der Waals surface area contributed by atoms with Gasteiger partial charge in [-0.1, -0.05) is 0 Å². The quantitative estimate of drug-likeness (QED) is 0.768. The Balaban J connectivity index is 2.11. The topological polar surface area (TPSA) is 54.2 Å². The van der Waals surface area contributed by atoms with Crippen molar-refractivity contribution in [3.8, 4) is 0 Å². The predicted octanol–water partition coefficient (Wildman–Crippen LogP) is 2.45. The van der Waals surface area contributed by atoms with Crippen molar-refractivity contribution in [1.82, 2.24) is 19.4 Å². The maximum atomic E-state index is 12.6. The first-order valence-corrected chi connectivity index (χ1v) is 7.90. The fourth-order valence-electron chi connectivity index (χ4n) is 2.40. The second-order valence-electron chi connectivity index (χ2n) is 5.08. The predicted molar refractivity (Wildman–Crippen MR) is 84.1 cm³/mol. The number of hydrogen-bond donors (Lipinski definition) is 1. The molecule has 5 nitrogen and oxygen atoms in total. The highest BCUT2D eigenvalue weighted by atomic mass is 79.9. The van der Waals surface area contributed by atoms with Crippen molar-refractivity contribution in [3.05, 3.63) is 22.6 Å². The molecule has 0 saturated heterocycles. The summed E-state index contributed by atoms with van der Waals surface area (Å²) in [5.41, 5.74) is 1.53. The van der Waals surface area contributed by atoms with Crippen LogP contribution in [-0.4, -0.2) is 57.2 Å². The molecule has 0 aliphatic carbocycles.